The Bertz CT molecular complexity index is 293. The van der Waals surface area contributed by atoms with Crippen LogP contribution in [0, 0.1) is 0 Å². The van der Waals surface area contributed by atoms with Crippen LogP contribution in [0.4, 0.5) is 0 Å². The standard InChI is InChI=1S/C7H9NO3S/c1-3-6-8-4-7(12(6)10)11-5(2)9/h4H,3H2,1-2H3. The van der Waals surface area contributed by atoms with Crippen molar-refractivity contribution in [3.8, 4) is 0 Å². The van der Waals surface area contributed by atoms with Crippen LogP contribution in [0.1, 0.15) is 20.3 Å². The van der Waals surface area contributed by atoms with Gasteiger partial charge in [-0.15, -0.1) is 0 Å². The fraction of sp³-hybridized carbons (Fsp3) is 0.429. The lowest BCUT2D eigenvalue weighted by Crippen LogP contribution is -2.08. The molecule has 0 aromatic carbocycles. The minimum Gasteiger partial charge on any atom is -0.415 e. The number of carbonyl (C=O) groups excluding carboxylic acids is 1. The summed E-state index contributed by atoms with van der Waals surface area (Å²) < 4.78 is 16.0. The van der Waals surface area contributed by atoms with Gasteiger partial charge in [0.1, 0.15) is 15.8 Å². The van der Waals surface area contributed by atoms with Crippen molar-refractivity contribution in [2.24, 2.45) is 4.99 Å². The Balaban J connectivity index is 2.65. The fourth-order valence-corrected chi connectivity index (χ4v) is 1.75. The highest BCUT2D eigenvalue weighted by Gasteiger charge is 2.21. The van der Waals surface area contributed by atoms with Crippen molar-refractivity contribution < 1.29 is 13.7 Å². The van der Waals surface area contributed by atoms with E-state index in [1.165, 1.54) is 13.1 Å². The number of ether oxygens (including phenoxy) is 1. The minimum atomic E-state index is -1.35. The molecule has 66 valence electrons. The minimum absolute atomic E-state index is 0.138. The first kappa shape index (κ1) is 9.12. The molecule has 1 aliphatic rings. The first-order valence-corrected chi connectivity index (χ1v) is 4.67. The Labute approximate surface area is 72.8 Å². The van der Waals surface area contributed by atoms with Crippen LogP contribution in [0.15, 0.2) is 16.3 Å². The molecular formula is C7H9NO3S. The van der Waals surface area contributed by atoms with E-state index in [4.69, 9.17) is 0 Å². The second-order valence-corrected chi connectivity index (χ2v) is 3.60. The summed E-state index contributed by atoms with van der Waals surface area (Å²) in [6.07, 6.45) is 1.93. The van der Waals surface area contributed by atoms with Crippen molar-refractivity contribution in [2.45, 2.75) is 20.3 Å². The zero-order valence-corrected chi connectivity index (χ0v) is 7.68. The second-order valence-electron chi connectivity index (χ2n) is 2.19. The highest BCUT2D eigenvalue weighted by atomic mass is 32.2. The molecule has 0 saturated carbocycles. The third-order valence-electron chi connectivity index (χ3n) is 1.26. The fourth-order valence-electron chi connectivity index (χ4n) is 0.765. The number of nitrogens with zero attached hydrogens (tertiary/aromatic N) is 1. The SMILES string of the molecule is CCC1=NC=C(OC(C)=O)S1=O. The van der Waals surface area contributed by atoms with E-state index >= 15 is 0 Å². The third kappa shape index (κ3) is 1.79. The number of rotatable bonds is 2. The number of carbonyl (C=O) groups is 1. The van der Waals surface area contributed by atoms with Crippen molar-refractivity contribution in [3.05, 3.63) is 11.3 Å². The first-order chi connectivity index (χ1) is 5.65. The van der Waals surface area contributed by atoms with Gasteiger partial charge in [-0.05, 0) is 6.42 Å². The average Bonchev–Trinajstić information content (AvgIpc) is 2.32. The van der Waals surface area contributed by atoms with E-state index in [9.17, 15) is 9.00 Å². The summed E-state index contributed by atoms with van der Waals surface area (Å²) in [5.41, 5.74) is 0. The maximum Gasteiger partial charge on any atom is 0.308 e. The zero-order valence-electron chi connectivity index (χ0n) is 6.86. The summed E-state index contributed by atoms with van der Waals surface area (Å²) in [5.74, 6) is -0.470. The molecule has 1 rings (SSSR count). The van der Waals surface area contributed by atoms with Crippen molar-refractivity contribution in [1.82, 2.24) is 0 Å². The molecule has 0 aromatic heterocycles. The molecule has 0 fully saturated rings. The summed E-state index contributed by atoms with van der Waals surface area (Å²) in [5, 5.41) is 0.686. The van der Waals surface area contributed by atoms with Crippen LogP contribution in [0.5, 0.6) is 0 Å². The van der Waals surface area contributed by atoms with Crippen molar-refractivity contribution >= 4 is 21.8 Å². The van der Waals surface area contributed by atoms with Gasteiger partial charge in [0.15, 0.2) is 0 Å². The van der Waals surface area contributed by atoms with Crippen molar-refractivity contribution in [1.29, 1.82) is 0 Å². The van der Waals surface area contributed by atoms with Gasteiger partial charge in [0.2, 0.25) is 5.09 Å². The van der Waals surface area contributed by atoms with Gasteiger partial charge in [-0.2, -0.15) is 0 Å². The topological polar surface area (TPSA) is 55.7 Å². The van der Waals surface area contributed by atoms with E-state index in [2.05, 4.69) is 9.73 Å². The van der Waals surface area contributed by atoms with Crippen LogP contribution >= 0.6 is 0 Å². The van der Waals surface area contributed by atoms with Crippen LogP contribution in [0.3, 0.4) is 0 Å². The number of hydrogen-bond acceptors (Lipinski definition) is 4. The van der Waals surface area contributed by atoms with Crippen LogP contribution in [-0.2, 0) is 20.3 Å². The molecule has 0 radical (unpaired) electrons. The van der Waals surface area contributed by atoms with Gasteiger partial charge in [0.05, 0.1) is 6.20 Å². The lowest BCUT2D eigenvalue weighted by Gasteiger charge is -1.99. The molecule has 12 heavy (non-hydrogen) atoms. The number of aliphatic imine (C=N–C) groups is 1. The quantitative estimate of drug-likeness (QED) is 0.604. The van der Waals surface area contributed by atoms with E-state index in [0.29, 0.717) is 11.5 Å². The van der Waals surface area contributed by atoms with Crippen LogP contribution in [0.2, 0.25) is 0 Å². The average molecular weight is 187 g/mol. The zero-order chi connectivity index (χ0) is 9.14. The van der Waals surface area contributed by atoms with E-state index < -0.39 is 16.8 Å². The third-order valence-corrected chi connectivity index (χ3v) is 2.63. The smallest absolute Gasteiger partial charge is 0.308 e. The van der Waals surface area contributed by atoms with E-state index in [0.717, 1.165) is 0 Å². The van der Waals surface area contributed by atoms with E-state index in [1.807, 2.05) is 6.92 Å². The van der Waals surface area contributed by atoms with Gasteiger partial charge in [-0.1, -0.05) is 6.92 Å². The summed E-state index contributed by atoms with van der Waals surface area (Å²) >= 11 is 0. The summed E-state index contributed by atoms with van der Waals surface area (Å²) in [7, 11) is -1.35. The Morgan fingerprint density at radius 2 is 2.42 bits per heavy atom. The molecule has 0 aromatic rings. The molecule has 0 spiro atoms. The molecule has 0 aliphatic carbocycles. The van der Waals surface area contributed by atoms with Crippen LogP contribution in [-0.4, -0.2) is 15.2 Å². The van der Waals surface area contributed by atoms with Gasteiger partial charge < -0.3 is 4.74 Å². The van der Waals surface area contributed by atoms with Gasteiger partial charge in [0, 0.05) is 6.92 Å². The predicted molar refractivity (Wildman–Crippen MR) is 45.7 cm³/mol. The number of hydrogen-bond donors (Lipinski definition) is 0. The molecule has 0 saturated heterocycles. The summed E-state index contributed by atoms with van der Waals surface area (Å²) in [4.78, 5) is 14.3. The Hall–Kier alpha value is -0.970. The predicted octanol–water partition coefficient (Wildman–Crippen LogP) is 0.919. The Morgan fingerprint density at radius 3 is 2.83 bits per heavy atom. The van der Waals surface area contributed by atoms with Gasteiger partial charge >= 0.3 is 5.97 Å². The molecule has 1 unspecified atom stereocenters. The molecule has 0 N–H and O–H groups in total. The lowest BCUT2D eigenvalue weighted by atomic mass is 10.5. The Kier molecular flexibility index (Phi) is 2.75. The molecule has 5 heteroatoms. The Morgan fingerprint density at radius 1 is 1.75 bits per heavy atom. The highest BCUT2D eigenvalue weighted by molar-refractivity contribution is 8.04. The molecule has 1 aliphatic heterocycles. The molecule has 1 heterocycles. The molecule has 4 nitrogen and oxygen atoms in total. The van der Waals surface area contributed by atoms with Crippen molar-refractivity contribution in [2.75, 3.05) is 0 Å². The summed E-state index contributed by atoms with van der Waals surface area (Å²) in [6.45, 7) is 3.11. The first-order valence-electron chi connectivity index (χ1n) is 3.52. The second kappa shape index (κ2) is 3.62. The highest BCUT2D eigenvalue weighted by Crippen LogP contribution is 2.15. The van der Waals surface area contributed by atoms with Crippen LogP contribution < -0.4 is 0 Å². The lowest BCUT2D eigenvalue weighted by molar-refractivity contribution is -0.135. The number of esters is 1. The molecular weight excluding hydrogens is 178 g/mol. The van der Waals surface area contributed by atoms with E-state index in [1.54, 1.807) is 0 Å². The molecule has 1 atom stereocenters. The molecule has 0 bridgehead atoms. The maximum atomic E-state index is 11.3. The van der Waals surface area contributed by atoms with Crippen molar-refractivity contribution in [3.63, 3.8) is 0 Å². The summed E-state index contributed by atoms with van der Waals surface area (Å²) in [6, 6.07) is 0. The van der Waals surface area contributed by atoms with Gasteiger partial charge in [-0.25, -0.2) is 9.20 Å². The molecule has 0 amide bonds. The maximum absolute atomic E-state index is 11.3. The monoisotopic (exact) mass is 187 g/mol. The van der Waals surface area contributed by atoms with Crippen LogP contribution in [0.25, 0.3) is 0 Å². The largest absolute Gasteiger partial charge is 0.415 e. The van der Waals surface area contributed by atoms with E-state index in [-0.39, 0.29) is 5.09 Å². The van der Waals surface area contributed by atoms with Gasteiger partial charge in [0.25, 0.3) is 0 Å². The normalized spacial score (nSPS) is 21.7. The van der Waals surface area contributed by atoms with Gasteiger partial charge in [-0.3, -0.25) is 4.79 Å².